The van der Waals surface area contributed by atoms with E-state index in [9.17, 15) is 14.3 Å². The fraction of sp³-hybridized carbons (Fsp3) is 0.440. The van der Waals surface area contributed by atoms with Gasteiger partial charge < -0.3 is 19.9 Å². The van der Waals surface area contributed by atoms with Gasteiger partial charge in [0.15, 0.2) is 11.6 Å². The molecule has 2 N–H and O–H groups in total. The van der Waals surface area contributed by atoms with E-state index < -0.39 is 12.0 Å². The molecule has 0 radical (unpaired) electrons. The maximum absolute atomic E-state index is 15.3. The van der Waals surface area contributed by atoms with Gasteiger partial charge in [-0.25, -0.2) is 13.8 Å². The van der Waals surface area contributed by atoms with Gasteiger partial charge in [0.1, 0.15) is 17.7 Å². The number of nitrogens with one attached hydrogen (secondary N) is 1. The minimum Gasteiger partial charge on any atom is -0.507 e. The van der Waals surface area contributed by atoms with Crippen molar-refractivity contribution in [1.29, 1.82) is 0 Å². The van der Waals surface area contributed by atoms with Gasteiger partial charge >= 0.3 is 0 Å². The average molecular weight is 481 g/mol. The largest absolute Gasteiger partial charge is 0.507 e. The molecule has 182 valence electrons. The Labute approximate surface area is 200 Å². The van der Waals surface area contributed by atoms with Crippen LogP contribution in [-0.4, -0.2) is 55.2 Å². The number of phenols is 1. The number of alkyl halides is 1. The van der Waals surface area contributed by atoms with E-state index in [4.69, 9.17) is 0 Å². The van der Waals surface area contributed by atoms with Gasteiger partial charge in [-0.05, 0) is 55.9 Å². The third-order valence-corrected chi connectivity index (χ3v) is 7.41. The first-order valence-electron chi connectivity index (χ1n) is 12.0. The number of aryl methyl sites for hydroxylation is 1. The Hall–Kier alpha value is -3.40. The van der Waals surface area contributed by atoms with Crippen LogP contribution in [0.3, 0.4) is 0 Å². The molecule has 3 fully saturated rings. The number of hydrogen-bond acceptors (Lipinski definition) is 7. The van der Waals surface area contributed by atoms with Crippen molar-refractivity contribution in [2.24, 2.45) is 7.05 Å². The Morgan fingerprint density at radius 2 is 1.97 bits per heavy atom. The van der Waals surface area contributed by atoms with Crippen LogP contribution in [0.5, 0.6) is 5.75 Å². The molecule has 4 unspecified atom stereocenters. The van der Waals surface area contributed by atoms with E-state index in [1.807, 2.05) is 4.90 Å². The van der Waals surface area contributed by atoms with Crippen molar-refractivity contribution < 1.29 is 13.9 Å². The van der Waals surface area contributed by atoms with Gasteiger partial charge in [0, 0.05) is 43.0 Å². The molecule has 35 heavy (non-hydrogen) atoms. The maximum Gasteiger partial charge on any atom is 0.250 e. The number of piperidine rings is 1. The van der Waals surface area contributed by atoms with E-state index in [1.54, 1.807) is 13.1 Å². The Morgan fingerprint density at radius 3 is 2.69 bits per heavy atom. The number of pyridine rings is 1. The van der Waals surface area contributed by atoms with E-state index in [0.717, 1.165) is 31.7 Å². The van der Waals surface area contributed by atoms with Crippen LogP contribution in [0.25, 0.3) is 22.5 Å². The SMILES string of the molecule is Cn1ccc(-c2cc(O)c(-c3ncc(N(C4CC4)C4CC5CCC(N5)C4F)nn3)cc2F)cc1=O. The summed E-state index contributed by atoms with van der Waals surface area (Å²) in [6.07, 6.45) is 6.59. The highest BCUT2D eigenvalue weighted by atomic mass is 19.1. The molecule has 0 spiro atoms. The molecule has 4 atom stereocenters. The zero-order chi connectivity index (χ0) is 24.3. The number of nitrogens with zero attached hydrogens (tertiary/aromatic N) is 5. The molecular formula is C25H26F2N6O2. The highest BCUT2D eigenvalue weighted by molar-refractivity contribution is 5.73. The molecule has 10 heteroatoms. The van der Waals surface area contributed by atoms with Crippen molar-refractivity contribution >= 4 is 5.82 Å². The number of anilines is 1. The molecule has 1 saturated carbocycles. The molecule has 6 rings (SSSR count). The third kappa shape index (κ3) is 3.95. The number of halogens is 2. The van der Waals surface area contributed by atoms with Crippen molar-refractivity contribution in [3.05, 3.63) is 52.8 Å². The van der Waals surface area contributed by atoms with E-state index in [2.05, 4.69) is 20.5 Å². The smallest absolute Gasteiger partial charge is 0.250 e. The summed E-state index contributed by atoms with van der Waals surface area (Å²) < 4.78 is 31.6. The summed E-state index contributed by atoms with van der Waals surface area (Å²) in [5, 5.41) is 22.5. The van der Waals surface area contributed by atoms with Crippen LogP contribution in [0, 0.1) is 5.82 Å². The summed E-state index contributed by atoms with van der Waals surface area (Å²) in [5.74, 6) is -0.279. The zero-order valence-corrected chi connectivity index (χ0v) is 19.2. The molecule has 2 bridgehead atoms. The molecular weight excluding hydrogens is 454 g/mol. The maximum atomic E-state index is 15.3. The third-order valence-electron chi connectivity index (χ3n) is 7.41. The topological polar surface area (TPSA) is 96.2 Å². The monoisotopic (exact) mass is 480 g/mol. The van der Waals surface area contributed by atoms with Crippen LogP contribution >= 0.6 is 0 Å². The Morgan fingerprint density at radius 1 is 1.14 bits per heavy atom. The number of aromatic nitrogens is 4. The van der Waals surface area contributed by atoms with Crippen molar-refractivity contribution in [3.8, 4) is 28.3 Å². The molecule has 2 saturated heterocycles. The second-order valence-corrected chi connectivity index (χ2v) is 9.79. The van der Waals surface area contributed by atoms with Gasteiger partial charge in [-0.2, -0.15) is 0 Å². The van der Waals surface area contributed by atoms with Crippen LogP contribution in [0.4, 0.5) is 14.6 Å². The number of aromatic hydroxyl groups is 1. The first-order chi connectivity index (χ1) is 16.9. The normalized spacial score (nSPS) is 25.6. The lowest BCUT2D eigenvalue weighted by Gasteiger charge is -2.40. The van der Waals surface area contributed by atoms with Gasteiger partial charge in [0.2, 0.25) is 0 Å². The summed E-state index contributed by atoms with van der Waals surface area (Å²) in [6.45, 7) is 0. The van der Waals surface area contributed by atoms with Crippen LogP contribution < -0.4 is 15.8 Å². The molecule has 2 aromatic heterocycles. The van der Waals surface area contributed by atoms with Gasteiger partial charge in [-0.1, -0.05) is 0 Å². The van der Waals surface area contributed by atoms with Crippen LogP contribution in [0.15, 0.2) is 41.5 Å². The van der Waals surface area contributed by atoms with Crippen LogP contribution in [0.2, 0.25) is 0 Å². The Balaban J connectivity index is 1.29. The summed E-state index contributed by atoms with van der Waals surface area (Å²) in [6, 6.07) is 5.45. The first kappa shape index (κ1) is 22.1. The lowest BCUT2D eigenvalue weighted by atomic mass is 9.96. The number of hydrogen-bond donors (Lipinski definition) is 2. The van der Waals surface area contributed by atoms with Crippen LogP contribution in [0.1, 0.15) is 32.1 Å². The number of phenolic OH excluding ortho intramolecular Hbond substituents is 1. The quantitative estimate of drug-likeness (QED) is 0.580. The van der Waals surface area contributed by atoms with Crippen molar-refractivity contribution in [2.75, 3.05) is 4.90 Å². The fourth-order valence-corrected chi connectivity index (χ4v) is 5.41. The summed E-state index contributed by atoms with van der Waals surface area (Å²) in [7, 11) is 1.60. The molecule has 2 aliphatic heterocycles. The second-order valence-electron chi connectivity index (χ2n) is 9.79. The molecule has 4 heterocycles. The zero-order valence-electron chi connectivity index (χ0n) is 19.2. The molecule has 1 aromatic carbocycles. The highest BCUT2D eigenvalue weighted by Crippen LogP contribution is 2.40. The van der Waals surface area contributed by atoms with Crippen molar-refractivity contribution in [3.63, 3.8) is 0 Å². The summed E-state index contributed by atoms with van der Waals surface area (Å²) >= 11 is 0. The fourth-order valence-electron chi connectivity index (χ4n) is 5.41. The average Bonchev–Trinajstić information content (AvgIpc) is 3.60. The lowest BCUT2D eigenvalue weighted by Crippen LogP contribution is -2.57. The Bertz CT molecular complexity index is 1330. The second kappa shape index (κ2) is 8.37. The predicted molar refractivity (Wildman–Crippen MR) is 126 cm³/mol. The van der Waals surface area contributed by atoms with E-state index >= 15 is 4.39 Å². The van der Waals surface area contributed by atoms with Gasteiger partial charge in [-0.3, -0.25) is 4.79 Å². The highest BCUT2D eigenvalue weighted by Gasteiger charge is 2.48. The minimum absolute atomic E-state index is 0.0681. The van der Waals surface area contributed by atoms with Gasteiger partial charge in [0.05, 0.1) is 17.8 Å². The predicted octanol–water partition coefficient (Wildman–Crippen LogP) is 2.95. The van der Waals surface area contributed by atoms with Crippen molar-refractivity contribution in [2.45, 2.75) is 62.4 Å². The lowest BCUT2D eigenvalue weighted by molar-refractivity contribution is 0.171. The molecule has 8 nitrogen and oxygen atoms in total. The van der Waals surface area contributed by atoms with Gasteiger partial charge in [0.25, 0.3) is 5.56 Å². The standard InChI is InChI=1S/C25H26F2N6O2/c1-32-7-6-13(8-23(32)35)16-11-21(34)17(10-18(16)26)25-28-12-22(30-31-25)33(15-3-4-15)20-9-14-2-5-19(29-14)24(20)27/h6-8,10-12,14-15,19-20,24,29,34H,2-5,9H2,1H3. The van der Waals surface area contributed by atoms with E-state index in [1.165, 1.54) is 29.1 Å². The van der Waals surface area contributed by atoms with Crippen LogP contribution in [-0.2, 0) is 7.05 Å². The molecule has 3 aromatic rings. The minimum atomic E-state index is -0.990. The van der Waals surface area contributed by atoms with E-state index in [-0.39, 0.29) is 46.4 Å². The summed E-state index contributed by atoms with van der Waals surface area (Å²) in [5.41, 5.74) is 0.267. The molecule has 0 amide bonds. The van der Waals surface area contributed by atoms with Gasteiger partial charge in [-0.15, -0.1) is 10.2 Å². The Kier molecular flexibility index (Phi) is 5.28. The first-order valence-corrected chi connectivity index (χ1v) is 12.0. The summed E-state index contributed by atoms with van der Waals surface area (Å²) in [4.78, 5) is 18.3. The molecule has 1 aliphatic carbocycles. The molecule has 3 aliphatic rings. The van der Waals surface area contributed by atoms with Crippen molar-refractivity contribution in [1.82, 2.24) is 25.1 Å². The number of rotatable bonds is 5. The van der Waals surface area contributed by atoms with E-state index in [0.29, 0.717) is 23.8 Å². The number of benzene rings is 1. The number of fused-ring (bicyclic) bond motifs is 2.